The molecule has 3 heteroatoms. The van der Waals surface area contributed by atoms with Gasteiger partial charge in [0, 0.05) is 11.7 Å². The molecule has 80 valence electrons. The first-order valence-corrected chi connectivity index (χ1v) is 5.12. The molecular weight excluding hydrogens is 174 g/mol. The number of nitrogens with zero attached hydrogens (tertiary/aromatic N) is 2. The van der Waals surface area contributed by atoms with Crippen molar-refractivity contribution < 1.29 is 0 Å². The maximum absolute atomic E-state index is 5.77. The average Bonchev–Trinajstić information content (AvgIpc) is 2.30. The van der Waals surface area contributed by atoms with Gasteiger partial charge in [0.05, 0.1) is 11.7 Å². The van der Waals surface area contributed by atoms with Crippen LogP contribution in [0, 0.1) is 6.92 Å². The highest BCUT2D eigenvalue weighted by Gasteiger charge is 2.18. The van der Waals surface area contributed by atoms with Gasteiger partial charge in [0.25, 0.3) is 0 Å². The molecule has 0 fully saturated rings. The SMILES string of the molecule is Cc1c(CC(C)N)cnn1C(C)(C)C. The molecule has 0 bridgehead atoms. The zero-order chi connectivity index (χ0) is 10.9. The Morgan fingerprint density at radius 3 is 2.43 bits per heavy atom. The zero-order valence-electron chi connectivity index (χ0n) is 9.83. The molecular formula is C11H21N3. The van der Waals surface area contributed by atoms with Crippen molar-refractivity contribution in [2.75, 3.05) is 0 Å². The van der Waals surface area contributed by atoms with E-state index in [1.807, 2.05) is 13.1 Å². The van der Waals surface area contributed by atoms with Crippen LogP contribution in [0.15, 0.2) is 6.20 Å². The number of aromatic nitrogens is 2. The van der Waals surface area contributed by atoms with Gasteiger partial charge in [0.1, 0.15) is 0 Å². The van der Waals surface area contributed by atoms with Gasteiger partial charge in [0.2, 0.25) is 0 Å². The summed E-state index contributed by atoms with van der Waals surface area (Å²) in [6.45, 7) is 10.6. The van der Waals surface area contributed by atoms with Gasteiger partial charge in [-0.25, -0.2) is 0 Å². The molecule has 1 heterocycles. The highest BCUT2D eigenvalue weighted by atomic mass is 15.3. The summed E-state index contributed by atoms with van der Waals surface area (Å²) < 4.78 is 2.06. The van der Waals surface area contributed by atoms with Crippen LogP contribution in [-0.2, 0) is 12.0 Å². The third kappa shape index (κ3) is 2.35. The van der Waals surface area contributed by atoms with E-state index in [-0.39, 0.29) is 11.6 Å². The molecule has 0 radical (unpaired) electrons. The molecule has 0 aliphatic heterocycles. The van der Waals surface area contributed by atoms with Gasteiger partial charge in [-0.1, -0.05) is 0 Å². The third-order valence-electron chi connectivity index (χ3n) is 2.29. The van der Waals surface area contributed by atoms with Gasteiger partial charge in [-0.2, -0.15) is 5.10 Å². The van der Waals surface area contributed by atoms with E-state index in [9.17, 15) is 0 Å². The lowest BCUT2D eigenvalue weighted by Gasteiger charge is -2.21. The largest absolute Gasteiger partial charge is 0.328 e. The fourth-order valence-electron chi connectivity index (χ4n) is 1.67. The molecule has 1 unspecified atom stereocenters. The Kier molecular flexibility index (Phi) is 3.00. The van der Waals surface area contributed by atoms with Crippen LogP contribution in [0.25, 0.3) is 0 Å². The first-order chi connectivity index (χ1) is 6.32. The summed E-state index contributed by atoms with van der Waals surface area (Å²) in [5, 5.41) is 4.40. The minimum Gasteiger partial charge on any atom is -0.328 e. The number of rotatable bonds is 2. The van der Waals surface area contributed by atoms with Crippen molar-refractivity contribution in [1.29, 1.82) is 0 Å². The second-order valence-corrected chi connectivity index (χ2v) is 5.02. The maximum atomic E-state index is 5.77. The van der Waals surface area contributed by atoms with Gasteiger partial charge in [-0.15, -0.1) is 0 Å². The summed E-state index contributed by atoms with van der Waals surface area (Å²) in [4.78, 5) is 0. The molecule has 0 saturated carbocycles. The van der Waals surface area contributed by atoms with Crippen LogP contribution in [0.1, 0.15) is 39.0 Å². The minimum atomic E-state index is 0.0557. The van der Waals surface area contributed by atoms with E-state index in [1.165, 1.54) is 11.3 Å². The Hall–Kier alpha value is -0.830. The average molecular weight is 195 g/mol. The zero-order valence-corrected chi connectivity index (χ0v) is 9.83. The molecule has 0 aliphatic rings. The fraction of sp³-hybridized carbons (Fsp3) is 0.727. The molecule has 0 spiro atoms. The summed E-state index contributed by atoms with van der Waals surface area (Å²) in [6.07, 6.45) is 2.84. The number of hydrogen-bond donors (Lipinski definition) is 1. The lowest BCUT2D eigenvalue weighted by atomic mass is 10.1. The molecule has 1 aromatic rings. The van der Waals surface area contributed by atoms with Gasteiger partial charge in [-0.3, -0.25) is 4.68 Å². The number of nitrogens with two attached hydrogens (primary N) is 1. The summed E-state index contributed by atoms with van der Waals surface area (Å²) >= 11 is 0. The van der Waals surface area contributed by atoms with Crippen LogP contribution >= 0.6 is 0 Å². The standard InChI is InChI=1S/C11H21N3/c1-8(12)6-10-7-13-14(9(10)2)11(3,4)5/h7-8H,6,12H2,1-5H3. The molecule has 0 saturated heterocycles. The van der Waals surface area contributed by atoms with Gasteiger partial charge in [0.15, 0.2) is 0 Å². The molecule has 1 atom stereocenters. The highest BCUT2D eigenvalue weighted by Crippen LogP contribution is 2.18. The first-order valence-electron chi connectivity index (χ1n) is 5.12. The van der Waals surface area contributed by atoms with Gasteiger partial charge >= 0.3 is 0 Å². The maximum Gasteiger partial charge on any atom is 0.0546 e. The van der Waals surface area contributed by atoms with Crippen molar-refractivity contribution >= 4 is 0 Å². The van der Waals surface area contributed by atoms with Crippen LogP contribution in [0.5, 0.6) is 0 Å². The topological polar surface area (TPSA) is 43.8 Å². The van der Waals surface area contributed by atoms with E-state index in [0.29, 0.717) is 0 Å². The van der Waals surface area contributed by atoms with Gasteiger partial charge in [-0.05, 0) is 46.6 Å². The monoisotopic (exact) mass is 195 g/mol. The predicted octanol–water partition coefficient (Wildman–Crippen LogP) is 1.84. The fourth-order valence-corrected chi connectivity index (χ4v) is 1.67. The van der Waals surface area contributed by atoms with E-state index in [1.54, 1.807) is 0 Å². The first kappa shape index (κ1) is 11.2. The predicted molar refractivity (Wildman–Crippen MR) is 59.3 cm³/mol. The Balaban J connectivity index is 2.97. The number of hydrogen-bond acceptors (Lipinski definition) is 2. The van der Waals surface area contributed by atoms with Crippen molar-refractivity contribution in [2.24, 2.45) is 5.73 Å². The van der Waals surface area contributed by atoms with Crippen molar-refractivity contribution in [3.63, 3.8) is 0 Å². The van der Waals surface area contributed by atoms with Gasteiger partial charge < -0.3 is 5.73 Å². The minimum absolute atomic E-state index is 0.0557. The molecule has 3 nitrogen and oxygen atoms in total. The van der Waals surface area contributed by atoms with Crippen LogP contribution in [0.4, 0.5) is 0 Å². The molecule has 1 aromatic heterocycles. The Morgan fingerprint density at radius 1 is 1.50 bits per heavy atom. The Morgan fingerprint density at radius 2 is 2.07 bits per heavy atom. The molecule has 2 N–H and O–H groups in total. The second kappa shape index (κ2) is 3.73. The van der Waals surface area contributed by atoms with E-state index < -0.39 is 0 Å². The molecule has 0 amide bonds. The quantitative estimate of drug-likeness (QED) is 0.782. The van der Waals surface area contributed by atoms with E-state index in [2.05, 4.69) is 37.5 Å². The summed E-state index contributed by atoms with van der Waals surface area (Å²) in [5.41, 5.74) is 8.32. The highest BCUT2D eigenvalue weighted by molar-refractivity contribution is 5.18. The van der Waals surface area contributed by atoms with Crippen LogP contribution in [0.2, 0.25) is 0 Å². The summed E-state index contributed by atoms with van der Waals surface area (Å²) in [5.74, 6) is 0. The molecule has 1 rings (SSSR count). The third-order valence-corrected chi connectivity index (χ3v) is 2.29. The van der Waals surface area contributed by atoms with Crippen molar-refractivity contribution in [1.82, 2.24) is 9.78 Å². The van der Waals surface area contributed by atoms with Crippen LogP contribution in [-0.4, -0.2) is 15.8 Å². The smallest absolute Gasteiger partial charge is 0.0546 e. The van der Waals surface area contributed by atoms with Crippen molar-refractivity contribution in [3.8, 4) is 0 Å². The van der Waals surface area contributed by atoms with Crippen LogP contribution < -0.4 is 5.73 Å². The Labute approximate surface area is 86.3 Å². The summed E-state index contributed by atoms with van der Waals surface area (Å²) in [6, 6.07) is 0.200. The molecule has 0 aliphatic carbocycles. The lowest BCUT2D eigenvalue weighted by Crippen LogP contribution is -2.25. The van der Waals surface area contributed by atoms with Crippen molar-refractivity contribution in [3.05, 3.63) is 17.5 Å². The van der Waals surface area contributed by atoms with E-state index in [4.69, 9.17) is 5.73 Å². The lowest BCUT2D eigenvalue weighted by molar-refractivity contribution is 0.347. The van der Waals surface area contributed by atoms with Crippen LogP contribution in [0.3, 0.4) is 0 Å². The normalized spacial score (nSPS) is 14.4. The Bertz CT molecular complexity index is 305. The van der Waals surface area contributed by atoms with E-state index >= 15 is 0 Å². The van der Waals surface area contributed by atoms with E-state index in [0.717, 1.165) is 6.42 Å². The molecule has 0 aromatic carbocycles. The summed E-state index contributed by atoms with van der Waals surface area (Å²) in [7, 11) is 0. The second-order valence-electron chi connectivity index (χ2n) is 5.02. The van der Waals surface area contributed by atoms with Crippen molar-refractivity contribution in [2.45, 2.75) is 52.6 Å². The molecule has 14 heavy (non-hydrogen) atoms.